The van der Waals surface area contributed by atoms with Crippen molar-refractivity contribution in [1.29, 1.82) is 0 Å². The van der Waals surface area contributed by atoms with E-state index in [1.54, 1.807) is 0 Å². The van der Waals surface area contributed by atoms with Crippen LogP contribution in [0.25, 0.3) is 0 Å². The van der Waals surface area contributed by atoms with Crippen LogP contribution in [0.2, 0.25) is 0 Å². The summed E-state index contributed by atoms with van der Waals surface area (Å²) in [6.07, 6.45) is -1.24. The van der Waals surface area contributed by atoms with Crippen LogP contribution in [0.1, 0.15) is 13.8 Å². The molecule has 0 aliphatic heterocycles. The van der Waals surface area contributed by atoms with E-state index >= 15 is 0 Å². The van der Waals surface area contributed by atoms with Crippen molar-refractivity contribution in [2.45, 2.75) is 34.6 Å². The summed E-state index contributed by atoms with van der Waals surface area (Å²) in [7, 11) is -2.43. The van der Waals surface area contributed by atoms with Crippen LogP contribution in [0, 0.1) is 0 Å². The fourth-order valence-electron chi connectivity index (χ4n) is 2.87. The van der Waals surface area contributed by atoms with Gasteiger partial charge in [-0.15, -0.1) is 0 Å². The van der Waals surface area contributed by atoms with Gasteiger partial charge in [0.15, 0.2) is 0 Å². The Morgan fingerprint density at radius 1 is 0.778 bits per heavy atom. The predicted octanol–water partition coefficient (Wildman–Crippen LogP) is 6.37. The van der Waals surface area contributed by atoms with Crippen LogP contribution in [0.5, 0.6) is 5.75 Å². The summed E-state index contributed by atoms with van der Waals surface area (Å²) in [5, 5.41) is 9.58. The molecule has 0 saturated carbocycles. The second-order valence-corrected chi connectivity index (χ2v) is 8.86. The minimum absolute atomic E-state index is 0.0615. The lowest BCUT2D eigenvalue weighted by atomic mass is 10.3. The molecule has 3 aromatic rings. The van der Waals surface area contributed by atoms with Gasteiger partial charge in [0, 0.05) is 14.7 Å². The van der Waals surface area contributed by atoms with E-state index in [0.717, 1.165) is 20.4 Å². The molecule has 0 aliphatic carbocycles. The first-order valence-corrected chi connectivity index (χ1v) is 10.2. The smallest absolute Gasteiger partial charge is 0.491 e. The van der Waals surface area contributed by atoms with Crippen LogP contribution in [0.3, 0.4) is 0 Å². The van der Waals surface area contributed by atoms with Crippen molar-refractivity contribution >= 4 is 16.5 Å². The maximum absolute atomic E-state index is 11.7. The van der Waals surface area contributed by atoms with Gasteiger partial charge in [-0.25, -0.2) is 4.79 Å². The molecular weight excluding hydrogens is 360 g/mol. The third-order valence-electron chi connectivity index (χ3n) is 3.87. The molecule has 0 amide bonds. The van der Waals surface area contributed by atoms with Crippen molar-refractivity contribution < 1.29 is 18.8 Å². The second kappa shape index (κ2) is 8.18. The van der Waals surface area contributed by atoms with Gasteiger partial charge in [-0.1, -0.05) is 36.4 Å². The van der Waals surface area contributed by atoms with E-state index in [0.29, 0.717) is 0 Å². The Kier molecular flexibility index (Phi) is 5.72. The number of benzene rings is 3. The number of hydrogen-bond acceptors (Lipinski definition) is 3. The van der Waals surface area contributed by atoms with Crippen molar-refractivity contribution in [3.8, 4) is 5.75 Å². The maximum atomic E-state index is 11.7. The molecule has 140 valence electrons. The topological polar surface area (TPSA) is 55.8 Å². The van der Waals surface area contributed by atoms with Gasteiger partial charge in [0.1, 0.15) is 5.75 Å². The zero-order valence-corrected chi connectivity index (χ0v) is 16.1. The number of rotatable bonds is 6. The molecule has 0 fully saturated rings. The number of carbonyl (C=O) groups is 1. The first kappa shape index (κ1) is 18.9. The van der Waals surface area contributed by atoms with Crippen LogP contribution in [0.15, 0.2) is 99.6 Å². The van der Waals surface area contributed by atoms with E-state index in [9.17, 15) is 9.90 Å². The van der Waals surface area contributed by atoms with Crippen LogP contribution < -0.4 is 4.74 Å². The van der Waals surface area contributed by atoms with Crippen LogP contribution in [-0.2, 0) is 4.18 Å². The molecule has 0 unspecified atom stereocenters. The quantitative estimate of drug-likeness (QED) is 0.538. The van der Waals surface area contributed by atoms with E-state index in [-0.39, 0.29) is 6.10 Å². The molecule has 0 aliphatic rings. The molecule has 0 bridgehead atoms. The van der Waals surface area contributed by atoms with Crippen molar-refractivity contribution in [2.24, 2.45) is 0 Å². The lowest BCUT2D eigenvalue weighted by molar-refractivity contribution is 0.150. The maximum Gasteiger partial charge on any atom is 0.517 e. The first-order valence-electron chi connectivity index (χ1n) is 8.65. The first-order chi connectivity index (χ1) is 13.0. The summed E-state index contributed by atoms with van der Waals surface area (Å²) in [6.45, 7) is 3.93. The van der Waals surface area contributed by atoms with Gasteiger partial charge in [-0.05, 0) is 72.7 Å². The zero-order valence-electron chi connectivity index (χ0n) is 15.2. The van der Waals surface area contributed by atoms with Crippen LogP contribution in [-0.4, -0.2) is 17.4 Å². The van der Waals surface area contributed by atoms with E-state index in [1.807, 2.05) is 98.8 Å². The minimum Gasteiger partial charge on any atom is -0.491 e. The number of ether oxygens (including phenoxy) is 1. The molecule has 0 saturated heterocycles. The van der Waals surface area contributed by atoms with Gasteiger partial charge in [0.05, 0.1) is 6.10 Å². The summed E-state index contributed by atoms with van der Waals surface area (Å²) in [5.74, 6) is 0.735. The zero-order chi connectivity index (χ0) is 19.3. The SMILES string of the molecule is CC(C)Oc1ccc(S(OC(=O)O)(c2ccccc2)c2ccccc2)cc1. The van der Waals surface area contributed by atoms with Gasteiger partial charge in [0.25, 0.3) is 0 Å². The van der Waals surface area contributed by atoms with Crippen molar-refractivity contribution in [3.05, 3.63) is 84.9 Å². The standard InChI is InChI=1S/C22H22O4S/c1-17(2)25-18-13-15-21(16-14-18)27(26-22(23)24,19-9-5-3-6-10-19)20-11-7-4-8-12-20/h3-17H,1-2H3,(H,23,24). The van der Waals surface area contributed by atoms with Gasteiger partial charge in [-0.2, -0.15) is 0 Å². The fourth-order valence-corrected chi connectivity index (χ4v) is 5.79. The monoisotopic (exact) mass is 382 g/mol. The predicted molar refractivity (Wildman–Crippen MR) is 107 cm³/mol. The fraction of sp³-hybridized carbons (Fsp3) is 0.136. The highest BCUT2D eigenvalue weighted by molar-refractivity contribution is 8.30. The van der Waals surface area contributed by atoms with Gasteiger partial charge >= 0.3 is 6.16 Å². The molecule has 0 aromatic heterocycles. The summed E-state index contributed by atoms with van der Waals surface area (Å²) >= 11 is 0. The Hall–Kier alpha value is -2.92. The Labute approximate surface area is 160 Å². The molecule has 1 N–H and O–H groups in total. The third kappa shape index (κ3) is 4.09. The Morgan fingerprint density at radius 2 is 1.22 bits per heavy atom. The highest BCUT2D eigenvalue weighted by Gasteiger charge is 2.35. The highest BCUT2D eigenvalue weighted by Crippen LogP contribution is 2.69. The Bertz CT molecular complexity index is 838. The molecule has 0 heterocycles. The molecule has 0 radical (unpaired) electrons. The second-order valence-electron chi connectivity index (χ2n) is 6.17. The summed E-state index contributed by atoms with van der Waals surface area (Å²) < 4.78 is 11.4. The number of carboxylic acid groups (broad SMARTS) is 1. The Balaban J connectivity index is 2.21. The average Bonchev–Trinajstić information content (AvgIpc) is 2.67. The van der Waals surface area contributed by atoms with E-state index in [2.05, 4.69) is 0 Å². The van der Waals surface area contributed by atoms with Gasteiger partial charge in [-0.3, -0.25) is 0 Å². The molecule has 0 atom stereocenters. The normalized spacial score (nSPS) is 11.8. The van der Waals surface area contributed by atoms with Crippen LogP contribution in [0.4, 0.5) is 4.79 Å². The molecular formula is C22H22O4S. The molecule has 4 nitrogen and oxygen atoms in total. The van der Waals surface area contributed by atoms with Crippen molar-refractivity contribution in [2.75, 3.05) is 0 Å². The average molecular weight is 382 g/mol. The van der Waals surface area contributed by atoms with Crippen molar-refractivity contribution in [1.82, 2.24) is 0 Å². The third-order valence-corrected chi connectivity index (χ3v) is 7.07. The Morgan fingerprint density at radius 3 is 1.63 bits per heavy atom. The molecule has 3 aromatic carbocycles. The number of hydrogen-bond donors (Lipinski definition) is 1. The lowest BCUT2D eigenvalue weighted by Gasteiger charge is -2.38. The van der Waals surface area contributed by atoms with E-state index < -0.39 is 16.5 Å². The summed E-state index contributed by atoms with van der Waals surface area (Å²) in [5.41, 5.74) is 0. The van der Waals surface area contributed by atoms with Crippen LogP contribution >= 0.6 is 10.3 Å². The summed E-state index contributed by atoms with van der Waals surface area (Å²) in [6, 6.07) is 26.5. The summed E-state index contributed by atoms with van der Waals surface area (Å²) in [4.78, 5) is 14.1. The molecule has 3 rings (SSSR count). The largest absolute Gasteiger partial charge is 0.517 e. The minimum atomic E-state index is -2.43. The lowest BCUT2D eigenvalue weighted by Crippen LogP contribution is -2.12. The van der Waals surface area contributed by atoms with Crippen molar-refractivity contribution in [3.63, 3.8) is 0 Å². The van der Waals surface area contributed by atoms with E-state index in [4.69, 9.17) is 8.92 Å². The van der Waals surface area contributed by atoms with Gasteiger partial charge in [0.2, 0.25) is 0 Å². The van der Waals surface area contributed by atoms with E-state index in [1.165, 1.54) is 0 Å². The van der Waals surface area contributed by atoms with Gasteiger partial charge < -0.3 is 14.0 Å². The molecule has 0 spiro atoms. The highest BCUT2D eigenvalue weighted by atomic mass is 32.3. The molecule has 5 heteroatoms. The molecule has 27 heavy (non-hydrogen) atoms.